The van der Waals surface area contributed by atoms with Crippen LogP contribution in [0, 0.1) is 18.7 Å². The molecule has 3 aromatic carbocycles. The molecule has 5 aromatic rings. The lowest BCUT2D eigenvalue weighted by Gasteiger charge is -2.35. The van der Waals surface area contributed by atoms with Gasteiger partial charge in [0.2, 0.25) is 5.03 Å². The summed E-state index contributed by atoms with van der Waals surface area (Å²) in [5.41, 5.74) is 3.81. The lowest BCUT2D eigenvalue weighted by molar-refractivity contribution is -0.0183. The number of ether oxygens (including phenoxy) is 1. The third-order valence-corrected chi connectivity index (χ3v) is 11.3. The molecule has 1 aliphatic heterocycles. The largest absolute Gasteiger partial charge is 0.373 e. The van der Waals surface area contributed by atoms with E-state index < -0.39 is 21.0 Å². The fraction of sp³-hybridized carbons (Fsp3) is 0.364. The number of hydrogen-bond donors (Lipinski definition) is 0. The molecule has 3 atom stereocenters. The standard InChI is InChI=1S/C33H35FN6O3S/c1-4-14-39-35-19-31(37-39)44(41,42)38-20-26-17-33(43-3,25-8-6-5-7-9-25)21-32(26,22-38)29-16-24-18-36-40(30(24)15-23(29)2)28-12-10-27(34)11-13-28/h5-13,15-16,18-19,26H,4,14,17,20-22H2,1-3H3. The Kier molecular flexibility index (Phi) is 6.95. The number of rotatable bonds is 8. The molecular weight excluding hydrogens is 579 g/mol. The maximum atomic E-state index is 14.0. The summed E-state index contributed by atoms with van der Waals surface area (Å²) < 4.78 is 51.4. The Morgan fingerprint density at radius 1 is 1.05 bits per heavy atom. The first-order valence-corrected chi connectivity index (χ1v) is 16.4. The monoisotopic (exact) mass is 614 g/mol. The highest BCUT2D eigenvalue weighted by Gasteiger charge is 2.62. The number of hydrogen-bond acceptors (Lipinski definition) is 6. The van der Waals surface area contributed by atoms with Crippen molar-refractivity contribution in [1.29, 1.82) is 0 Å². The Hall–Kier alpha value is -3.93. The van der Waals surface area contributed by atoms with Gasteiger partial charge >= 0.3 is 0 Å². The summed E-state index contributed by atoms with van der Waals surface area (Å²) in [6, 6.07) is 20.8. The first-order chi connectivity index (χ1) is 21.2. The average Bonchev–Trinajstić information content (AvgIpc) is 3.80. The van der Waals surface area contributed by atoms with Crippen molar-refractivity contribution in [3.05, 3.63) is 102 Å². The Morgan fingerprint density at radius 3 is 2.55 bits per heavy atom. The molecule has 228 valence electrons. The van der Waals surface area contributed by atoms with E-state index in [0.29, 0.717) is 32.5 Å². The Bertz CT molecular complexity index is 1940. The minimum atomic E-state index is -3.87. The second kappa shape index (κ2) is 10.6. The van der Waals surface area contributed by atoms with E-state index in [-0.39, 0.29) is 16.8 Å². The lowest BCUT2D eigenvalue weighted by Crippen LogP contribution is -2.38. The molecule has 0 radical (unpaired) electrons. The third kappa shape index (κ3) is 4.48. The van der Waals surface area contributed by atoms with E-state index in [1.165, 1.54) is 23.1 Å². The summed E-state index contributed by atoms with van der Waals surface area (Å²) in [6.45, 7) is 5.29. The maximum absolute atomic E-state index is 14.0. The Morgan fingerprint density at radius 2 is 1.82 bits per heavy atom. The summed E-state index contributed by atoms with van der Waals surface area (Å²) >= 11 is 0. The van der Waals surface area contributed by atoms with Crippen LogP contribution in [0.5, 0.6) is 0 Å². The third-order valence-electron chi connectivity index (χ3n) is 9.60. The van der Waals surface area contributed by atoms with Crippen LogP contribution in [0.1, 0.15) is 42.9 Å². The molecule has 1 saturated carbocycles. The summed E-state index contributed by atoms with van der Waals surface area (Å²) in [5.74, 6) is -0.310. The molecule has 2 fully saturated rings. The molecule has 1 aliphatic carbocycles. The van der Waals surface area contributed by atoms with Crippen molar-refractivity contribution in [1.82, 2.24) is 29.1 Å². The molecule has 9 nitrogen and oxygen atoms in total. The van der Waals surface area contributed by atoms with Crippen LogP contribution in [0.3, 0.4) is 0 Å². The molecule has 7 rings (SSSR count). The van der Waals surface area contributed by atoms with Crippen LogP contribution < -0.4 is 0 Å². The second-order valence-electron chi connectivity index (χ2n) is 12.1. The van der Waals surface area contributed by atoms with Crippen molar-refractivity contribution in [2.24, 2.45) is 5.92 Å². The van der Waals surface area contributed by atoms with E-state index in [1.807, 2.05) is 36.0 Å². The molecule has 2 aromatic heterocycles. The van der Waals surface area contributed by atoms with Crippen LogP contribution in [0.2, 0.25) is 0 Å². The Labute approximate surface area is 256 Å². The molecule has 3 heterocycles. The van der Waals surface area contributed by atoms with E-state index in [9.17, 15) is 12.8 Å². The van der Waals surface area contributed by atoms with Crippen molar-refractivity contribution in [3.63, 3.8) is 0 Å². The van der Waals surface area contributed by atoms with Crippen molar-refractivity contribution < 1.29 is 17.5 Å². The smallest absolute Gasteiger partial charge is 0.264 e. The Balaban J connectivity index is 1.34. The van der Waals surface area contributed by atoms with Crippen molar-refractivity contribution in [3.8, 4) is 5.69 Å². The van der Waals surface area contributed by atoms with Gasteiger partial charge in [-0.3, -0.25) is 0 Å². The van der Waals surface area contributed by atoms with Gasteiger partial charge in [-0.25, -0.2) is 17.5 Å². The van der Waals surface area contributed by atoms with Crippen molar-refractivity contribution >= 4 is 20.9 Å². The van der Waals surface area contributed by atoms with Gasteiger partial charge in [-0.15, -0.1) is 5.10 Å². The number of halogens is 1. The minimum Gasteiger partial charge on any atom is -0.373 e. The van der Waals surface area contributed by atoms with Gasteiger partial charge in [0, 0.05) is 31.0 Å². The summed E-state index contributed by atoms with van der Waals surface area (Å²) in [5, 5.41) is 14.1. The number of sulfonamides is 1. The fourth-order valence-corrected chi connectivity index (χ4v) is 8.95. The summed E-state index contributed by atoms with van der Waals surface area (Å²) in [4.78, 5) is 1.45. The van der Waals surface area contributed by atoms with Crippen LogP contribution >= 0.6 is 0 Å². The lowest BCUT2D eigenvalue weighted by atomic mass is 9.72. The molecule has 2 aliphatic rings. The van der Waals surface area contributed by atoms with Crippen LogP contribution in [0.25, 0.3) is 16.6 Å². The van der Waals surface area contributed by atoms with Crippen LogP contribution in [0.15, 0.2) is 84.1 Å². The molecule has 44 heavy (non-hydrogen) atoms. The topological polar surface area (TPSA) is 95.1 Å². The van der Waals surface area contributed by atoms with E-state index in [4.69, 9.17) is 4.74 Å². The average molecular weight is 615 g/mol. The predicted octanol–water partition coefficient (Wildman–Crippen LogP) is 5.37. The zero-order chi connectivity index (χ0) is 30.7. The SMILES string of the molecule is CCCn1ncc(S(=O)(=O)N2CC3CC(OC)(c4ccccc4)CC3(c3cc4cnn(-c5ccc(F)cc5)c4cc3C)C2)n1. The summed E-state index contributed by atoms with van der Waals surface area (Å²) in [6.07, 6.45) is 5.28. The molecule has 0 bridgehead atoms. The van der Waals surface area contributed by atoms with Gasteiger partial charge < -0.3 is 4.74 Å². The van der Waals surface area contributed by atoms with E-state index in [1.54, 1.807) is 23.5 Å². The first kappa shape index (κ1) is 28.8. The van der Waals surface area contributed by atoms with Crippen LogP contribution in [0.4, 0.5) is 4.39 Å². The van der Waals surface area contributed by atoms with Crippen molar-refractivity contribution in [2.45, 2.75) is 55.7 Å². The van der Waals surface area contributed by atoms with E-state index in [2.05, 4.69) is 46.5 Å². The van der Waals surface area contributed by atoms with E-state index >= 15 is 0 Å². The van der Waals surface area contributed by atoms with Gasteiger partial charge in [0.25, 0.3) is 10.0 Å². The van der Waals surface area contributed by atoms with Gasteiger partial charge in [-0.2, -0.15) is 19.3 Å². The van der Waals surface area contributed by atoms with Gasteiger partial charge in [0.05, 0.1) is 35.7 Å². The zero-order valence-electron chi connectivity index (χ0n) is 25.0. The molecule has 0 N–H and O–H groups in total. The first-order valence-electron chi connectivity index (χ1n) is 14.9. The highest BCUT2D eigenvalue weighted by atomic mass is 32.2. The molecule has 11 heteroatoms. The normalized spacial score (nSPS) is 23.9. The van der Waals surface area contributed by atoms with Crippen LogP contribution in [-0.4, -0.2) is 57.7 Å². The van der Waals surface area contributed by atoms with Gasteiger partial charge in [-0.1, -0.05) is 37.3 Å². The number of benzene rings is 3. The maximum Gasteiger partial charge on any atom is 0.264 e. The molecule has 3 unspecified atom stereocenters. The zero-order valence-corrected chi connectivity index (χ0v) is 25.8. The number of methoxy groups -OCH3 is 1. The second-order valence-corrected chi connectivity index (χ2v) is 14.0. The molecule has 1 saturated heterocycles. The van der Waals surface area contributed by atoms with Gasteiger partial charge in [0.15, 0.2) is 0 Å². The van der Waals surface area contributed by atoms with Crippen LogP contribution in [-0.2, 0) is 32.3 Å². The van der Waals surface area contributed by atoms with Crippen molar-refractivity contribution in [2.75, 3.05) is 20.2 Å². The number of fused-ring (bicyclic) bond motifs is 2. The molecular formula is C33H35FN6O3S. The predicted molar refractivity (Wildman–Crippen MR) is 164 cm³/mol. The fourth-order valence-electron chi connectivity index (χ4n) is 7.53. The highest BCUT2D eigenvalue weighted by molar-refractivity contribution is 7.89. The minimum absolute atomic E-state index is 0.00795. The molecule has 0 amide bonds. The van der Waals surface area contributed by atoms with E-state index in [0.717, 1.165) is 39.7 Å². The number of nitrogens with zero attached hydrogens (tertiary/aromatic N) is 6. The quantitative estimate of drug-likeness (QED) is 0.233. The van der Waals surface area contributed by atoms with Gasteiger partial charge in [0.1, 0.15) is 5.82 Å². The molecule has 0 spiro atoms. The summed E-state index contributed by atoms with van der Waals surface area (Å²) in [7, 11) is -2.12. The number of aromatic nitrogens is 5. The van der Waals surface area contributed by atoms with Gasteiger partial charge in [-0.05, 0) is 85.2 Å². The highest BCUT2D eigenvalue weighted by Crippen LogP contribution is 2.60. The number of aryl methyl sites for hydroxylation is 2.